The van der Waals surface area contributed by atoms with Gasteiger partial charge in [0.15, 0.2) is 0 Å². The van der Waals surface area contributed by atoms with Crippen LogP contribution in [0, 0.1) is 0 Å². The van der Waals surface area contributed by atoms with Gasteiger partial charge in [-0.25, -0.2) is 4.79 Å². The first kappa shape index (κ1) is 16.5. The van der Waals surface area contributed by atoms with Crippen LogP contribution in [0.2, 0.25) is 0 Å². The summed E-state index contributed by atoms with van der Waals surface area (Å²) in [4.78, 5) is 33.1. The van der Waals surface area contributed by atoms with Gasteiger partial charge in [0.25, 0.3) is 0 Å². The molecular formula is C12H11F3N2O4. The number of anilines is 1. The highest BCUT2D eigenvalue weighted by Gasteiger charge is 2.27. The zero-order valence-corrected chi connectivity index (χ0v) is 10.5. The second-order valence-electron chi connectivity index (χ2n) is 4.00. The Morgan fingerprint density at radius 3 is 2.10 bits per heavy atom. The van der Waals surface area contributed by atoms with Crippen molar-refractivity contribution in [3.63, 3.8) is 0 Å². The molecule has 114 valence electrons. The number of nitrogens with one attached hydrogen (secondary N) is 2. The van der Waals surface area contributed by atoms with E-state index in [4.69, 9.17) is 5.11 Å². The lowest BCUT2D eigenvalue weighted by Crippen LogP contribution is -2.35. The summed E-state index contributed by atoms with van der Waals surface area (Å²) in [7, 11) is 0. The van der Waals surface area contributed by atoms with Gasteiger partial charge in [0, 0.05) is 5.69 Å². The number of alkyl halides is 3. The van der Waals surface area contributed by atoms with Gasteiger partial charge in [0.2, 0.25) is 11.8 Å². The Balaban J connectivity index is 2.46. The molecule has 0 unspecified atom stereocenters. The number of carboxylic acid groups (broad SMARTS) is 1. The van der Waals surface area contributed by atoms with E-state index in [1.165, 1.54) is 24.3 Å². The van der Waals surface area contributed by atoms with Crippen molar-refractivity contribution in [2.24, 2.45) is 0 Å². The van der Waals surface area contributed by atoms with Crippen molar-refractivity contribution in [1.82, 2.24) is 5.32 Å². The monoisotopic (exact) mass is 304 g/mol. The number of rotatable bonds is 5. The highest BCUT2D eigenvalue weighted by Crippen LogP contribution is 2.12. The van der Waals surface area contributed by atoms with E-state index >= 15 is 0 Å². The lowest BCUT2D eigenvalue weighted by molar-refractivity contribution is -0.140. The van der Waals surface area contributed by atoms with E-state index in [0.29, 0.717) is 0 Å². The van der Waals surface area contributed by atoms with Crippen LogP contribution in [0.25, 0.3) is 0 Å². The van der Waals surface area contributed by atoms with Crippen LogP contribution in [0.4, 0.5) is 18.9 Å². The van der Waals surface area contributed by atoms with Crippen molar-refractivity contribution in [2.45, 2.75) is 12.6 Å². The predicted octanol–water partition coefficient (Wildman–Crippen LogP) is 1.39. The summed E-state index contributed by atoms with van der Waals surface area (Å²) in [6, 6.07) is 5.08. The molecule has 21 heavy (non-hydrogen) atoms. The van der Waals surface area contributed by atoms with Gasteiger partial charge in [-0.3, -0.25) is 9.59 Å². The third-order valence-corrected chi connectivity index (χ3v) is 2.22. The maximum Gasteiger partial charge on any atom is 0.405 e. The number of carbonyl (C=O) groups excluding carboxylic acids is 2. The van der Waals surface area contributed by atoms with E-state index in [2.05, 4.69) is 5.32 Å². The van der Waals surface area contributed by atoms with Crippen LogP contribution < -0.4 is 10.6 Å². The highest BCUT2D eigenvalue weighted by molar-refractivity contribution is 6.03. The van der Waals surface area contributed by atoms with Gasteiger partial charge >= 0.3 is 12.1 Å². The normalized spacial score (nSPS) is 10.8. The number of carbonyl (C=O) groups is 3. The molecule has 0 fully saturated rings. The third kappa shape index (κ3) is 6.41. The van der Waals surface area contributed by atoms with Crippen molar-refractivity contribution >= 4 is 23.5 Å². The summed E-state index contributed by atoms with van der Waals surface area (Å²) in [5.41, 5.74) is 0.240. The van der Waals surface area contributed by atoms with Gasteiger partial charge in [0.05, 0.1) is 5.56 Å². The molecule has 2 amide bonds. The highest BCUT2D eigenvalue weighted by atomic mass is 19.4. The van der Waals surface area contributed by atoms with Gasteiger partial charge in [-0.1, -0.05) is 0 Å². The van der Waals surface area contributed by atoms with Crippen molar-refractivity contribution in [3.05, 3.63) is 29.8 Å². The molecule has 9 heteroatoms. The summed E-state index contributed by atoms with van der Waals surface area (Å²) >= 11 is 0. The molecule has 1 aromatic carbocycles. The molecule has 0 heterocycles. The standard InChI is InChI=1S/C12H11F3N2O4/c13-12(14,15)6-16-9(18)5-10(19)17-8-3-1-7(2-4-8)11(20)21/h1-4H,5-6H2,(H,16,18)(H,17,19)(H,20,21). The second-order valence-corrected chi connectivity index (χ2v) is 4.00. The Kier molecular flexibility index (Phi) is 5.28. The molecule has 3 N–H and O–H groups in total. The van der Waals surface area contributed by atoms with Crippen molar-refractivity contribution < 1.29 is 32.7 Å². The molecule has 0 aliphatic carbocycles. The molecule has 0 saturated carbocycles. The van der Waals surface area contributed by atoms with Crippen LogP contribution in [-0.2, 0) is 9.59 Å². The number of hydrogen-bond acceptors (Lipinski definition) is 3. The molecule has 0 aromatic heterocycles. The number of hydrogen-bond donors (Lipinski definition) is 3. The molecular weight excluding hydrogens is 293 g/mol. The zero-order chi connectivity index (χ0) is 16.0. The quantitative estimate of drug-likeness (QED) is 0.716. The Morgan fingerprint density at radius 1 is 1.05 bits per heavy atom. The zero-order valence-electron chi connectivity index (χ0n) is 10.5. The Labute approximate surface area is 116 Å². The summed E-state index contributed by atoms with van der Waals surface area (Å²) in [5.74, 6) is -3.01. The van der Waals surface area contributed by atoms with Crippen molar-refractivity contribution in [2.75, 3.05) is 11.9 Å². The van der Waals surface area contributed by atoms with Gasteiger partial charge in [-0.15, -0.1) is 0 Å². The maximum absolute atomic E-state index is 11.8. The molecule has 0 aliphatic heterocycles. The molecule has 0 radical (unpaired) electrons. The fourth-order valence-corrected chi connectivity index (χ4v) is 1.31. The average molecular weight is 304 g/mol. The summed E-state index contributed by atoms with van der Waals surface area (Å²) in [5, 5.41) is 12.5. The van der Waals surface area contributed by atoms with Crippen LogP contribution in [0.1, 0.15) is 16.8 Å². The minimum absolute atomic E-state index is 0.0101. The fraction of sp³-hybridized carbons (Fsp3) is 0.250. The van der Waals surface area contributed by atoms with E-state index in [0.717, 1.165) is 0 Å². The molecule has 0 aliphatic rings. The van der Waals surface area contributed by atoms with Crippen LogP contribution in [0.5, 0.6) is 0 Å². The van der Waals surface area contributed by atoms with Crippen molar-refractivity contribution in [1.29, 1.82) is 0 Å². The number of halogens is 3. The molecule has 6 nitrogen and oxygen atoms in total. The van der Waals surface area contributed by atoms with E-state index in [-0.39, 0.29) is 11.3 Å². The number of carboxylic acids is 1. The fourth-order valence-electron chi connectivity index (χ4n) is 1.31. The van der Waals surface area contributed by atoms with Crippen LogP contribution in [0.3, 0.4) is 0 Å². The second kappa shape index (κ2) is 6.73. The summed E-state index contributed by atoms with van der Waals surface area (Å²) in [6.07, 6.45) is -5.31. The maximum atomic E-state index is 11.8. The van der Waals surface area contributed by atoms with Gasteiger partial charge in [-0.05, 0) is 24.3 Å². The Hall–Kier alpha value is -2.58. The predicted molar refractivity (Wildman–Crippen MR) is 65.7 cm³/mol. The van der Waals surface area contributed by atoms with E-state index in [1.807, 2.05) is 0 Å². The minimum atomic E-state index is -4.54. The lowest BCUT2D eigenvalue weighted by atomic mass is 10.2. The first-order chi connectivity index (χ1) is 9.67. The van der Waals surface area contributed by atoms with Gasteiger partial charge in [0.1, 0.15) is 13.0 Å². The number of benzene rings is 1. The SMILES string of the molecule is O=C(CC(=O)Nc1ccc(C(=O)O)cc1)NCC(F)(F)F. The summed E-state index contributed by atoms with van der Waals surface area (Å²) in [6.45, 7) is -1.51. The number of amides is 2. The molecule has 0 bridgehead atoms. The van der Waals surface area contributed by atoms with Crippen LogP contribution >= 0.6 is 0 Å². The van der Waals surface area contributed by atoms with Crippen LogP contribution in [-0.4, -0.2) is 35.6 Å². The Bertz CT molecular complexity index is 540. The van der Waals surface area contributed by atoms with Crippen LogP contribution in [0.15, 0.2) is 24.3 Å². The van der Waals surface area contributed by atoms with Gasteiger partial charge in [-0.2, -0.15) is 13.2 Å². The van der Waals surface area contributed by atoms with E-state index in [1.54, 1.807) is 5.32 Å². The smallest absolute Gasteiger partial charge is 0.405 e. The van der Waals surface area contributed by atoms with E-state index in [9.17, 15) is 27.6 Å². The third-order valence-electron chi connectivity index (χ3n) is 2.22. The first-order valence-corrected chi connectivity index (χ1v) is 5.64. The topological polar surface area (TPSA) is 95.5 Å². The van der Waals surface area contributed by atoms with Crippen molar-refractivity contribution in [3.8, 4) is 0 Å². The first-order valence-electron chi connectivity index (χ1n) is 5.64. The molecule has 0 saturated heterocycles. The lowest BCUT2D eigenvalue weighted by Gasteiger charge is -2.08. The average Bonchev–Trinajstić information content (AvgIpc) is 2.36. The van der Waals surface area contributed by atoms with Gasteiger partial charge < -0.3 is 15.7 Å². The Morgan fingerprint density at radius 2 is 1.62 bits per heavy atom. The minimum Gasteiger partial charge on any atom is -0.478 e. The largest absolute Gasteiger partial charge is 0.478 e. The molecule has 0 atom stereocenters. The van der Waals surface area contributed by atoms with E-state index < -0.39 is 36.9 Å². The summed E-state index contributed by atoms with van der Waals surface area (Å²) < 4.78 is 35.5. The molecule has 1 rings (SSSR count). The molecule has 0 spiro atoms. The molecule has 1 aromatic rings. The number of aromatic carboxylic acids is 1.